The van der Waals surface area contributed by atoms with E-state index in [0.29, 0.717) is 0 Å². The SMILES string of the molecule is OCC1(CNCc2cn[nH]c2-c2ccccc2)CCCC1. The van der Waals surface area contributed by atoms with E-state index in [2.05, 4.69) is 27.6 Å². The largest absolute Gasteiger partial charge is 0.396 e. The van der Waals surface area contributed by atoms with Gasteiger partial charge in [0.25, 0.3) is 0 Å². The van der Waals surface area contributed by atoms with Crippen LogP contribution in [0, 0.1) is 5.41 Å². The number of aliphatic hydroxyl groups excluding tert-OH is 1. The summed E-state index contributed by atoms with van der Waals surface area (Å²) in [5.74, 6) is 0. The van der Waals surface area contributed by atoms with Crippen LogP contribution in [0.15, 0.2) is 36.5 Å². The number of H-pyrrole nitrogens is 1. The minimum absolute atomic E-state index is 0.0939. The fourth-order valence-electron chi connectivity index (χ4n) is 3.28. The average molecular weight is 285 g/mol. The third kappa shape index (κ3) is 3.17. The third-order valence-electron chi connectivity index (χ3n) is 4.60. The Kier molecular flexibility index (Phi) is 4.36. The number of hydrogen-bond acceptors (Lipinski definition) is 3. The molecule has 1 fully saturated rings. The van der Waals surface area contributed by atoms with Crippen LogP contribution >= 0.6 is 0 Å². The first kappa shape index (κ1) is 14.3. The van der Waals surface area contributed by atoms with Gasteiger partial charge in [-0.25, -0.2) is 0 Å². The molecule has 4 heteroatoms. The van der Waals surface area contributed by atoms with Crippen LogP contribution in [0.4, 0.5) is 0 Å². The van der Waals surface area contributed by atoms with Gasteiger partial charge in [0.2, 0.25) is 0 Å². The molecule has 0 aliphatic heterocycles. The van der Waals surface area contributed by atoms with Gasteiger partial charge < -0.3 is 10.4 Å². The lowest BCUT2D eigenvalue weighted by Gasteiger charge is -2.26. The number of nitrogens with zero attached hydrogens (tertiary/aromatic N) is 1. The van der Waals surface area contributed by atoms with Crippen molar-refractivity contribution in [3.63, 3.8) is 0 Å². The van der Waals surface area contributed by atoms with Gasteiger partial charge in [-0.2, -0.15) is 5.10 Å². The van der Waals surface area contributed by atoms with Crippen LogP contribution < -0.4 is 5.32 Å². The topological polar surface area (TPSA) is 60.9 Å². The van der Waals surface area contributed by atoms with Crippen molar-refractivity contribution in [3.8, 4) is 11.3 Å². The Morgan fingerprint density at radius 1 is 1.19 bits per heavy atom. The van der Waals surface area contributed by atoms with Crippen LogP contribution in [0.25, 0.3) is 11.3 Å². The number of benzene rings is 1. The van der Waals surface area contributed by atoms with Gasteiger partial charge in [-0.1, -0.05) is 43.2 Å². The van der Waals surface area contributed by atoms with E-state index in [1.807, 2.05) is 24.4 Å². The predicted octanol–water partition coefficient (Wildman–Crippen LogP) is 2.72. The van der Waals surface area contributed by atoms with Gasteiger partial charge in [0, 0.05) is 30.7 Å². The van der Waals surface area contributed by atoms with Crippen LogP contribution in [0.2, 0.25) is 0 Å². The van der Waals surface area contributed by atoms with Gasteiger partial charge in [-0.3, -0.25) is 5.10 Å². The molecular formula is C17H23N3O. The summed E-state index contributed by atoms with van der Waals surface area (Å²) in [4.78, 5) is 0. The van der Waals surface area contributed by atoms with Crippen LogP contribution in [0.5, 0.6) is 0 Å². The highest BCUT2D eigenvalue weighted by atomic mass is 16.3. The predicted molar refractivity (Wildman–Crippen MR) is 83.7 cm³/mol. The molecule has 1 aromatic heterocycles. The van der Waals surface area contributed by atoms with Crippen molar-refractivity contribution < 1.29 is 5.11 Å². The van der Waals surface area contributed by atoms with E-state index < -0.39 is 0 Å². The lowest BCUT2D eigenvalue weighted by Crippen LogP contribution is -2.34. The van der Waals surface area contributed by atoms with Crippen molar-refractivity contribution in [3.05, 3.63) is 42.1 Å². The van der Waals surface area contributed by atoms with E-state index in [-0.39, 0.29) is 12.0 Å². The highest BCUT2D eigenvalue weighted by Gasteiger charge is 2.32. The number of aromatic amines is 1. The molecule has 2 aromatic rings. The standard InChI is InChI=1S/C17H23N3O/c21-13-17(8-4-5-9-17)12-18-10-15-11-19-20-16(15)14-6-2-1-3-7-14/h1-3,6-7,11,18,21H,4-5,8-10,12-13H2,(H,19,20). The molecule has 1 aliphatic rings. The molecule has 1 aromatic carbocycles. The lowest BCUT2D eigenvalue weighted by atomic mass is 9.87. The van der Waals surface area contributed by atoms with Crippen molar-refractivity contribution >= 4 is 0 Å². The fraction of sp³-hybridized carbons (Fsp3) is 0.471. The zero-order valence-electron chi connectivity index (χ0n) is 12.3. The number of aliphatic hydroxyl groups is 1. The molecule has 0 bridgehead atoms. The third-order valence-corrected chi connectivity index (χ3v) is 4.60. The first-order valence-corrected chi connectivity index (χ1v) is 7.72. The minimum Gasteiger partial charge on any atom is -0.396 e. The molecule has 3 N–H and O–H groups in total. The van der Waals surface area contributed by atoms with E-state index in [1.54, 1.807) is 0 Å². The Balaban J connectivity index is 1.63. The molecule has 0 unspecified atom stereocenters. The van der Waals surface area contributed by atoms with Gasteiger partial charge in [-0.05, 0) is 18.4 Å². The maximum absolute atomic E-state index is 9.65. The van der Waals surface area contributed by atoms with E-state index in [4.69, 9.17) is 0 Å². The molecule has 3 rings (SSSR count). The molecule has 1 saturated carbocycles. The van der Waals surface area contributed by atoms with Gasteiger partial charge in [0.15, 0.2) is 0 Å². The van der Waals surface area contributed by atoms with E-state index in [0.717, 1.165) is 37.2 Å². The summed E-state index contributed by atoms with van der Waals surface area (Å²) in [5.41, 5.74) is 3.50. The first-order valence-electron chi connectivity index (χ1n) is 7.72. The molecular weight excluding hydrogens is 262 g/mol. The minimum atomic E-state index is 0.0939. The number of rotatable bonds is 6. The average Bonchev–Trinajstić information content (AvgIpc) is 3.18. The first-order chi connectivity index (χ1) is 10.3. The van der Waals surface area contributed by atoms with Crippen molar-refractivity contribution in [2.24, 2.45) is 5.41 Å². The lowest BCUT2D eigenvalue weighted by molar-refractivity contribution is 0.128. The molecule has 0 radical (unpaired) electrons. The second-order valence-electron chi connectivity index (χ2n) is 6.11. The molecule has 0 atom stereocenters. The van der Waals surface area contributed by atoms with Crippen molar-refractivity contribution in [2.75, 3.05) is 13.2 Å². The highest BCUT2D eigenvalue weighted by molar-refractivity contribution is 5.62. The summed E-state index contributed by atoms with van der Waals surface area (Å²) in [6.07, 6.45) is 6.63. The summed E-state index contributed by atoms with van der Waals surface area (Å²) in [5, 5.41) is 20.4. The molecule has 0 amide bonds. The maximum atomic E-state index is 9.65. The zero-order valence-corrected chi connectivity index (χ0v) is 12.3. The van der Waals surface area contributed by atoms with Gasteiger partial charge in [0.05, 0.1) is 11.9 Å². The number of hydrogen-bond donors (Lipinski definition) is 3. The van der Waals surface area contributed by atoms with Crippen LogP contribution in [0.1, 0.15) is 31.2 Å². The molecule has 1 aliphatic carbocycles. The summed E-state index contributed by atoms with van der Waals surface area (Å²) >= 11 is 0. The molecule has 1 heterocycles. The summed E-state index contributed by atoms with van der Waals surface area (Å²) in [6, 6.07) is 10.3. The van der Waals surface area contributed by atoms with Crippen molar-refractivity contribution in [2.45, 2.75) is 32.2 Å². The van der Waals surface area contributed by atoms with E-state index in [1.165, 1.54) is 18.4 Å². The second kappa shape index (κ2) is 6.41. The van der Waals surface area contributed by atoms with Gasteiger partial charge in [0.1, 0.15) is 0 Å². The molecule has 4 nitrogen and oxygen atoms in total. The molecule has 0 saturated heterocycles. The number of aromatic nitrogens is 2. The Morgan fingerprint density at radius 3 is 2.67 bits per heavy atom. The van der Waals surface area contributed by atoms with E-state index >= 15 is 0 Å². The van der Waals surface area contributed by atoms with Gasteiger partial charge in [-0.15, -0.1) is 0 Å². The van der Waals surface area contributed by atoms with E-state index in [9.17, 15) is 5.11 Å². The fourth-order valence-corrected chi connectivity index (χ4v) is 3.28. The smallest absolute Gasteiger partial charge is 0.0695 e. The van der Waals surface area contributed by atoms with Crippen molar-refractivity contribution in [1.29, 1.82) is 0 Å². The quantitative estimate of drug-likeness (QED) is 0.765. The van der Waals surface area contributed by atoms with Crippen LogP contribution in [0.3, 0.4) is 0 Å². The van der Waals surface area contributed by atoms with Crippen molar-refractivity contribution in [1.82, 2.24) is 15.5 Å². The Labute approximate surface area is 125 Å². The zero-order chi connectivity index (χ0) is 14.5. The number of nitrogens with one attached hydrogen (secondary N) is 2. The molecule has 0 spiro atoms. The Hall–Kier alpha value is -1.65. The molecule has 112 valence electrons. The van der Waals surface area contributed by atoms with Crippen LogP contribution in [-0.2, 0) is 6.54 Å². The highest BCUT2D eigenvalue weighted by Crippen LogP contribution is 2.37. The summed E-state index contributed by atoms with van der Waals surface area (Å²) < 4.78 is 0. The van der Waals surface area contributed by atoms with Gasteiger partial charge >= 0.3 is 0 Å². The van der Waals surface area contributed by atoms with Crippen LogP contribution in [-0.4, -0.2) is 28.5 Å². The Bertz CT molecular complexity index is 558. The monoisotopic (exact) mass is 285 g/mol. The second-order valence-corrected chi connectivity index (χ2v) is 6.11. The molecule has 21 heavy (non-hydrogen) atoms. The normalized spacial score (nSPS) is 17.2. The Morgan fingerprint density at radius 2 is 1.95 bits per heavy atom. The maximum Gasteiger partial charge on any atom is 0.0695 e. The summed E-state index contributed by atoms with van der Waals surface area (Å²) in [6.45, 7) is 1.95. The summed E-state index contributed by atoms with van der Waals surface area (Å²) in [7, 11) is 0.